The molecule has 0 heterocycles. The first-order chi connectivity index (χ1) is 20.7. The van der Waals surface area contributed by atoms with Crippen LogP contribution in [0.2, 0.25) is 0 Å². The second-order valence-corrected chi connectivity index (χ2v) is 9.01. The first-order valence-electron chi connectivity index (χ1n) is 10.6. The van der Waals surface area contributed by atoms with Crippen molar-refractivity contribution in [2.75, 3.05) is 19.8 Å². The third-order valence-corrected chi connectivity index (χ3v) is 5.25. The maximum Gasteiger partial charge on any atom is -0.438 e. The molecule has 0 unspecified atom stereocenters. The van der Waals surface area contributed by atoms with Gasteiger partial charge in [0.15, 0.2) is 0 Å². The van der Waals surface area contributed by atoms with Crippen LogP contribution in [0.4, 0.5) is 0 Å². The van der Waals surface area contributed by atoms with Gasteiger partial charge in [0.05, 0.1) is 19.8 Å². The van der Waals surface area contributed by atoms with Gasteiger partial charge >= 0.3 is 135 Å². The minimum Gasteiger partial charge on any atom is -0.854 e. The van der Waals surface area contributed by atoms with Crippen molar-refractivity contribution in [1.82, 2.24) is 0 Å². The van der Waals surface area contributed by atoms with E-state index in [9.17, 15) is 0 Å². The molecular formula is C27H29Mn3O12P. The Bertz CT molecular complexity index is 640. The maximum atomic E-state index is 8.66. The first-order valence-corrected chi connectivity index (χ1v) is 13.4. The Hall–Kier alpha value is -1.79. The number of aliphatic hydroxyl groups is 3. The van der Waals surface area contributed by atoms with Crippen LogP contribution in [0, 0.1) is 5.41 Å². The zero-order chi connectivity index (χ0) is 36.1. The molecule has 0 aliphatic heterocycles. The van der Waals surface area contributed by atoms with E-state index in [4.69, 9.17) is 58.8 Å². The van der Waals surface area contributed by atoms with Gasteiger partial charge < -0.3 is 38.6 Å². The molecule has 3 aliphatic rings. The SMILES string of the molecule is CCC(CO)(CO)CO.[C]=O.[C]=O.[C]=O.[C]=O.[C]=O.[C]=O.[Mn+][C]1=CC=CC1.[Mn+][C]1=CC=CC1.[Mn+][C]1=CC=CC1.[O-]P([O-])[O-]. The second-order valence-electron chi connectivity index (χ2n) is 6.29. The number of aliphatic hydroxyl groups excluding tert-OH is 3. The van der Waals surface area contributed by atoms with Crippen LogP contribution < -0.4 is 14.7 Å². The fourth-order valence-corrected chi connectivity index (χ4v) is 2.51. The van der Waals surface area contributed by atoms with Crippen LogP contribution in [0.1, 0.15) is 32.6 Å². The molecule has 0 aromatic rings. The zero-order valence-corrected chi connectivity index (χ0v) is 27.2. The molecule has 235 valence electrons. The molecule has 3 rings (SSSR count). The number of carbonyl (C=O) groups excluding carboxylic acids is 6. The Morgan fingerprint density at radius 2 is 0.791 bits per heavy atom. The summed E-state index contributed by atoms with van der Waals surface area (Å²) in [5, 5.41) is 26.0. The molecule has 0 fully saturated rings. The van der Waals surface area contributed by atoms with Gasteiger partial charge in [-0.25, -0.2) is 0 Å². The first kappa shape index (κ1) is 60.4. The summed E-state index contributed by atoms with van der Waals surface area (Å²) in [6, 6.07) is 0. The van der Waals surface area contributed by atoms with E-state index in [1.807, 2.05) is 25.2 Å². The van der Waals surface area contributed by atoms with Gasteiger partial charge in [-0.2, -0.15) is 0 Å². The van der Waals surface area contributed by atoms with Crippen LogP contribution in [0.25, 0.3) is 0 Å². The van der Waals surface area contributed by atoms with Crippen molar-refractivity contribution < 1.29 is 107 Å². The van der Waals surface area contributed by atoms with Crippen molar-refractivity contribution in [3.8, 4) is 0 Å². The standard InChI is InChI=1S/C6H14O3.3C5H5.6CO.3Mn.O3P/c1-2-6(3-7,4-8)5-9;3*1-2-4-5-3-1;6*1-2;;;;1-4(2)3/h7-9H,2-5H2,1H3;3*1-3H,4H2;;;;;;;;;;/q;;;;;;;;;;3*+1;-3. The minimum absolute atomic E-state index is 0.156. The van der Waals surface area contributed by atoms with Crippen molar-refractivity contribution in [2.24, 2.45) is 5.41 Å². The summed E-state index contributed by atoms with van der Waals surface area (Å²) in [5.74, 6) is 0. The van der Waals surface area contributed by atoms with E-state index in [-0.39, 0.29) is 19.8 Å². The quantitative estimate of drug-likeness (QED) is 0.219. The Labute approximate surface area is 280 Å². The van der Waals surface area contributed by atoms with Gasteiger partial charge in [0.25, 0.3) is 40.7 Å². The summed E-state index contributed by atoms with van der Waals surface area (Å²) in [6.07, 6.45) is 22.5. The number of hydrogen-bond acceptors (Lipinski definition) is 12. The molecule has 12 radical (unpaired) electrons. The van der Waals surface area contributed by atoms with Gasteiger partial charge in [-0.05, 0) is 6.42 Å². The Morgan fingerprint density at radius 1 is 0.605 bits per heavy atom. The monoisotopic (exact) mass is 741 g/mol. The fraction of sp³-hybridized carbons (Fsp3) is 0.333. The van der Waals surface area contributed by atoms with Crippen molar-refractivity contribution in [2.45, 2.75) is 32.6 Å². The Balaban J connectivity index is -0.0000000551. The predicted molar refractivity (Wildman–Crippen MR) is 141 cm³/mol. The van der Waals surface area contributed by atoms with Crippen molar-refractivity contribution in [3.63, 3.8) is 0 Å². The Kier molecular flexibility index (Phi) is 83.7. The van der Waals surface area contributed by atoms with Gasteiger partial charge in [-0.1, -0.05) is 6.92 Å². The van der Waals surface area contributed by atoms with E-state index in [1.54, 1.807) is 0 Å². The number of rotatable bonds is 4. The van der Waals surface area contributed by atoms with E-state index in [1.165, 1.54) is 13.4 Å². The van der Waals surface area contributed by atoms with Crippen LogP contribution in [0.5, 0.6) is 0 Å². The maximum absolute atomic E-state index is 8.66. The zero-order valence-electron chi connectivity index (χ0n) is 22.7. The molecule has 0 atom stereocenters. The van der Waals surface area contributed by atoms with Crippen LogP contribution in [0.15, 0.2) is 68.1 Å². The topological polar surface area (TPSA) is 232 Å². The molecule has 16 heteroatoms. The van der Waals surface area contributed by atoms with E-state index < -0.39 is 14.0 Å². The third-order valence-electron chi connectivity index (χ3n) is 3.93. The van der Waals surface area contributed by atoms with Crippen molar-refractivity contribution >= 4 is 49.3 Å². The van der Waals surface area contributed by atoms with Crippen molar-refractivity contribution in [1.29, 1.82) is 0 Å². The van der Waals surface area contributed by atoms with Crippen LogP contribution >= 0.6 is 8.60 Å². The molecule has 0 aromatic carbocycles. The van der Waals surface area contributed by atoms with Gasteiger partial charge in [-0.3, -0.25) is 28.8 Å². The van der Waals surface area contributed by atoms with Gasteiger partial charge in [0.1, 0.15) is 0 Å². The molecule has 0 saturated carbocycles. The average molecular weight is 741 g/mol. The summed E-state index contributed by atoms with van der Waals surface area (Å²) in [4.78, 5) is 70.4. The summed E-state index contributed by atoms with van der Waals surface area (Å²) in [6.45, 7) is 28.4. The molecule has 12 nitrogen and oxygen atoms in total. The summed E-state index contributed by atoms with van der Waals surface area (Å²) < 4.78 is 3.84. The van der Waals surface area contributed by atoms with Crippen LogP contribution in [0.3, 0.4) is 0 Å². The van der Waals surface area contributed by atoms with Gasteiger partial charge in [0, 0.05) is 5.41 Å². The average Bonchev–Trinajstić information content (AvgIpc) is 3.87. The van der Waals surface area contributed by atoms with Crippen LogP contribution in [-0.4, -0.2) is 75.9 Å². The Morgan fingerprint density at radius 3 is 0.814 bits per heavy atom. The fourth-order valence-electron chi connectivity index (χ4n) is 1.75. The molecule has 3 N–H and O–H groups in total. The van der Waals surface area contributed by atoms with Gasteiger partial charge in [-0.15, -0.1) is 0 Å². The summed E-state index contributed by atoms with van der Waals surface area (Å²) in [5.41, 5.74) is -0.667. The summed E-state index contributed by atoms with van der Waals surface area (Å²) >= 11 is 10.0. The summed E-state index contributed by atoms with van der Waals surface area (Å²) in [7, 11) is -3.37. The number of allylic oxidation sites excluding steroid dienone is 12. The largest absolute Gasteiger partial charge is 0.854 e. The molecule has 0 amide bonds. The molecule has 0 spiro atoms. The van der Waals surface area contributed by atoms with E-state index in [2.05, 4.69) is 125 Å². The van der Waals surface area contributed by atoms with Crippen molar-refractivity contribution in [3.05, 3.63) is 68.1 Å². The molecule has 0 aromatic heterocycles. The van der Waals surface area contributed by atoms with E-state index in [0.29, 0.717) is 6.42 Å². The van der Waals surface area contributed by atoms with E-state index >= 15 is 0 Å². The molecule has 3 aliphatic carbocycles. The molecule has 0 bridgehead atoms. The smallest absolute Gasteiger partial charge is 0.438 e. The van der Waals surface area contributed by atoms with Gasteiger partial charge in [0.2, 0.25) is 0 Å². The second kappa shape index (κ2) is 59.6. The molecule has 0 saturated heterocycles. The normalized spacial score (nSPS) is 11.6. The third kappa shape index (κ3) is 60.3. The number of hydrogen-bond donors (Lipinski definition) is 3. The van der Waals surface area contributed by atoms with E-state index in [0.717, 1.165) is 19.3 Å². The van der Waals surface area contributed by atoms with Crippen LogP contribution in [-0.2, 0) is 76.8 Å². The predicted octanol–water partition coefficient (Wildman–Crippen LogP) is -1.60. The molecular weight excluding hydrogens is 712 g/mol. The minimum atomic E-state index is -3.37. The molecule has 43 heavy (non-hydrogen) atoms.